The molecule has 122 valence electrons. The van der Waals surface area contributed by atoms with Crippen molar-refractivity contribution < 1.29 is 9.53 Å². The third-order valence-corrected chi connectivity index (χ3v) is 3.00. The van der Waals surface area contributed by atoms with E-state index >= 15 is 0 Å². The molecule has 1 aromatic rings. The number of benzene rings is 1. The van der Waals surface area contributed by atoms with Crippen LogP contribution < -0.4 is 15.4 Å². The number of para-hydroxylation sites is 1. The molecule has 0 fully saturated rings. The molecule has 0 unspecified atom stereocenters. The summed E-state index contributed by atoms with van der Waals surface area (Å²) >= 11 is 5.16. The molecule has 0 spiro atoms. The first-order valence-corrected chi connectivity index (χ1v) is 7.95. The van der Waals surface area contributed by atoms with Crippen LogP contribution in [-0.4, -0.2) is 23.2 Å². The minimum absolute atomic E-state index is 0.197. The molecular weight excluding hydrogens is 296 g/mol. The summed E-state index contributed by atoms with van der Waals surface area (Å²) in [7, 11) is 0. The number of thiocarbonyl (C=S) groups is 1. The number of amides is 1. The Morgan fingerprint density at radius 1 is 1.27 bits per heavy atom. The lowest BCUT2D eigenvalue weighted by Gasteiger charge is -2.22. The second kappa shape index (κ2) is 8.13. The van der Waals surface area contributed by atoms with Crippen LogP contribution in [0.1, 0.15) is 51.4 Å². The zero-order valence-corrected chi connectivity index (χ0v) is 14.8. The molecule has 2 N–H and O–H groups in total. The van der Waals surface area contributed by atoms with Gasteiger partial charge in [-0.25, -0.2) is 0 Å². The van der Waals surface area contributed by atoms with Gasteiger partial charge < -0.3 is 10.1 Å². The van der Waals surface area contributed by atoms with E-state index in [1.165, 1.54) is 0 Å². The molecule has 0 saturated heterocycles. The molecule has 1 rings (SSSR count). The molecule has 0 aromatic heterocycles. The van der Waals surface area contributed by atoms with Crippen LogP contribution in [-0.2, 0) is 0 Å². The van der Waals surface area contributed by atoms with Gasteiger partial charge in [-0.15, -0.1) is 0 Å². The molecule has 0 aliphatic carbocycles. The average molecular weight is 322 g/mol. The summed E-state index contributed by atoms with van der Waals surface area (Å²) in [5, 5.41) is 6.06. The van der Waals surface area contributed by atoms with Gasteiger partial charge in [0.2, 0.25) is 0 Å². The Kier molecular flexibility index (Phi) is 6.81. The van der Waals surface area contributed by atoms with Gasteiger partial charge in [-0.2, -0.15) is 0 Å². The van der Waals surface area contributed by atoms with E-state index in [0.717, 1.165) is 6.42 Å². The summed E-state index contributed by atoms with van der Waals surface area (Å²) < 4.78 is 5.73. The predicted molar refractivity (Wildman–Crippen MR) is 94.3 cm³/mol. The van der Waals surface area contributed by atoms with E-state index in [0.29, 0.717) is 29.0 Å². The number of nitrogens with one attached hydrogen (secondary N) is 2. The van der Waals surface area contributed by atoms with Crippen molar-refractivity contribution in [2.45, 2.75) is 46.6 Å². The fraction of sp³-hybridized carbons (Fsp3) is 0.529. The van der Waals surface area contributed by atoms with E-state index in [9.17, 15) is 4.79 Å². The molecule has 0 radical (unpaired) electrons. The second-order valence-corrected chi connectivity index (χ2v) is 7.09. The highest BCUT2D eigenvalue weighted by Gasteiger charge is 2.16. The second-order valence-electron chi connectivity index (χ2n) is 6.69. The molecule has 0 heterocycles. The Morgan fingerprint density at radius 2 is 1.91 bits per heavy atom. The van der Waals surface area contributed by atoms with Crippen LogP contribution in [0.15, 0.2) is 24.3 Å². The fourth-order valence-corrected chi connectivity index (χ4v) is 2.13. The number of carbonyl (C=O) groups is 1. The van der Waals surface area contributed by atoms with Crippen molar-refractivity contribution in [2.24, 2.45) is 5.92 Å². The van der Waals surface area contributed by atoms with Gasteiger partial charge in [0.25, 0.3) is 5.91 Å². The summed E-state index contributed by atoms with van der Waals surface area (Å²) in [5.41, 5.74) is 0.293. The summed E-state index contributed by atoms with van der Waals surface area (Å²) in [5.74, 6) is 0.880. The van der Waals surface area contributed by atoms with Crippen molar-refractivity contribution in [3.63, 3.8) is 0 Å². The van der Waals surface area contributed by atoms with Crippen LogP contribution in [0, 0.1) is 5.92 Å². The lowest BCUT2D eigenvalue weighted by molar-refractivity contribution is 0.0972. The van der Waals surface area contributed by atoms with Crippen LogP contribution in [0.2, 0.25) is 0 Å². The maximum absolute atomic E-state index is 12.3. The minimum atomic E-state index is -0.262. The van der Waals surface area contributed by atoms with E-state index in [2.05, 4.69) is 24.5 Å². The Bertz CT molecular complexity index is 522. The summed E-state index contributed by atoms with van der Waals surface area (Å²) in [6.45, 7) is 10.8. The minimum Gasteiger partial charge on any atom is -0.493 e. The number of hydrogen-bond donors (Lipinski definition) is 2. The molecule has 0 saturated carbocycles. The normalized spacial score (nSPS) is 11.2. The molecule has 0 aliphatic heterocycles. The largest absolute Gasteiger partial charge is 0.493 e. The van der Waals surface area contributed by atoms with Crippen LogP contribution in [0.5, 0.6) is 5.75 Å². The summed E-state index contributed by atoms with van der Waals surface area (Å²) in [6, 6.07) is 7.20. The van der Waals surface area contributed by atoms with Gasteiger partial charge in [0.15, 0.2) is 5.11 Å². The first kappa shape index (κ1) is 18.4. The van der Waals surface area contributed by atoms with Crippen LogP contribution >= 0.6 is 12.2 Å². The van der Waals surface area contributed by atoms with Crippen molar-refractivity contribution >= 4 is 23.2 Å². The molecule has 0 bridgehead atoms. The Labute approximate surface area is 138 Å². The third-order valence-electron chi connectivity index (χ3n) is 2.80. The van der Waals surface area contributed by atoms with Crippen molar-refractivity contribution in [3.05, 3.63) is 29.8 Å². The highest BCUT2D eigenvalue weighted by atomic mass is 32.1. The van der Waals surface area contributed by atoms with Crippen LogP contribution in [0.3, 0.4) is 0 Å². The standard InChI is InChI=1S/C17H26N2O2S/c1-12(2)10-11-21-14-9-7-6-8-13(14)15(20)18-16(22)19-17(3,4)5/h6-9,12H,10-11H2,1-5H3,(H2,18,19,20,22). The SMILES string of the molecule is CC(C)CCOc1ccccc1C(=O)NC(=S)NC(C)(C)C. The van der Waals surface area contributed by atoms with Crippen LogP contribution in [0.4, 0.5) is 0 Å². The van der Waals surface area contributed by atoms with Gasteiger partial charge in [0.1, 0.15) is 5.75 Å². The molecule has 1 amide bonds. The maximum Gasteiger partial charge on any atom is 0.261 e. The van der Waals surface area contributed by atoms with Gasteiger partial charge in [-0.3, -0.25) is 10.1 Å². The average Bonchev–Trinajstić information content (AvgIpc) is 2.36. The third kappa shape index (κ3) is 6.89. The van der Waals surface area contributed by atoms with E-state index in [4.69, 9.17) is 17.0 Å². The Hall–Kier alpha value is -1.62. The monoisotopic (exact) mass is 322 g/mol. The molecule has 4 nitrogen and oxygen atoms in total. The van der Waals surface area contributed by atoms with Crippen molar-refractivity contribution in [2.75, 3.05) is 6.61 Å². The summed E-state index contributed by atoms with van der Waals surface area (Å²) in [6.07, 6.45) is 0.944. The maximum atomic E-state index is 12.3. The zero-order chi connectivity index (χ0) is 16.8. The molecular formula is C17H26N2O2S. The lowest BCUT2D eigenvalue weighted by atomic mass is 10.1. The van der Waals surface area contributed by atoms with E-state index in [1.807, 2.05) is 32.9 Å². The van der Waals surface area contributed by atoms with Gasteiger partial charge in [-0.1, -0.05) is 26.0 Å². The Balaban J connectivity index is 2.70. The molecule has 0 aliphatic rings. The van der Waals surface area contributed by atoms with Gasteiger partial charge >= 0.3 is 0 Å². The zero-order valence-electron chi connectivity index (χ0n) is 14.0. The van der Waals surface area contributed by atoms with Gasteiger partial charge in [-0.05, 0) is 57.5 Å². The number of rotatable bonds is 5. The van der Waals surface area contributed by atoms with Crippen molar-refractivity contribution in [1.82, 2.24) is 10.6 Å². The van der Waals surface area contributed by atoms with E-state index in [-0.39, 0.29) is 11.4 Å². The highest BCUT2D eigenvalue weighted by molar-refractivity contribution is 7.80. The first-order chi connectivity index (χ1) is 10.2. The van der Waals surface area contributed by atoms with Crippen molar-refractivity contribution in [3.8, 4) is 5.75 Å². The van der Waals surface area contributed by atoms with Gasteiger partial charge in [0, 0.05) is 5.54 Å². The molecule has 1 aromatic carbocycles. The molecule has 5 heteroatoms. The lowest BCUT2D eigenvalue weighted by Crippen LogP contribution is -2.48. The topological polar surface area (TPSA) is 50.4 Å². The number of hydrogen-bond acceptors (Lipinski definition) is 3. The fourth-order valence-electron chi connectivity index (χ4n) is 1.73. The first-order valence-electron chi connectivity index (χ1n) is 7.54. The Morgan fingerprint density at radius 3 is 2.50 bits per heavy atom. The van der Waals surface area contributed by atoms with E-state index in [1.54, 1.807) is 12.1 Å². The van der Waals surface area contributed by atoms with Crippen LogP contribution in [0.25, 0.3) is 0 Å². The number of carbonyl (C=O) groups excluding carboxylic acids is 1. The summed E-state index contributed by atoms with van der Waals surface area (Å²) in [4.78, 5) is 12.3. The highest BCUT2D eigenvalue weighted by Crippen LogP contribution is 2.18. The predicted octanol–water partition coefficient (Wildman–Crippen LogP) is 3.51. The molecule has 0 atom stereocenters. The quantitative estimate of drug-likeness (QED) is 0.815. The van der Waals surface area contributed by atoms with E-state index < -0.39 is 0 Å². The van der Waals surface area contributed by atoms with Crippen molar-refractivity contribution in [1.29, 1.82) is 0 Å². The molecule has 22 heavy (non-hydrogen) atoms. The van der Waals surface area contributed by atoms with Gasteiger partial charge in [0.05, 0.1) is 12.2 Å². The number of ether oxygens (including phenoxy) is 1. The smallest absolute Gasteiger partial charge is 0.261 e.